The number of benzene rings is 3. The number of carbonyl (C=O) groups excluding carboxylic acids is 3. The van der Waals surface area contributed by atoms with Gasteiger partial charge in [0.15, 0.2) is 5.78 Å². The smallest absolute Gasteiger partial charge is 0.345 e. The highest BCUT2D eigenvalue weighted by molar-refractivity contribution is 6.13. The van der Waals surface area contributed by atoms with Gasteiger partial charge in [0, 0.05) is 28.1 Å². The van der Waals surface area contributed by atoms with Gasteiger partial charge < -0.3 is 10.4 Å². The molecule has 1 aliphatic heterocycles. The van der Waals surface area contributed by atoms with Gasteiger partial charge in [0.05, 0.1) is 23.5 Å². The summed E-state index contributed by atoms with van der Waals surface area (Å²) in [4.78, 5) is 54.2. The molecule has 2 aliphatic rings. The van der Waals surface area contributed by atoms with Crippen molar-refractivity contribution < 1.29 is 24.3 Å². The van der Waals surface area contributed by atoms with Crippen LogP contribution in [-0.4, -0.2) is 52.6 Å². The molecule has 1 aliphatic carbocycles. The number of ketones is 1. The zero-order valence-electron chi connectivity index (χ0n) is 25.4. The molecule has 1 fully saturated rings. The van der Waals surface area contributed by atoms with Crippen LogP contribution in [0.5, 0.6) is 0 Å². The number of hydrogen-bond acceptors (Lipinski definition) is 5. The molecule has 0 unspecified atom stereocenters. The van der Waals surface area contributed by atoms with E-state index in [0.29, 0.717) is 16.9 Å². The van der Waals surface area contributed by atoms with Crippen LogP contribution in [0.1, 0.15) is 68.8 Å². The minimum Gasteiger partial charge on any atom is -0.478 e. The van der Waals surface area contributed by atoms with Crippen molar-refractivity contribution in [2.75, 3.05) is 23.3 Å². The van der Waals surface area contributed by atoms with Crippen molar-refractivity contribution in [3.63, 3.8) is 0 Å². The molecule has 44 heavy (non-hydrogen) atoms. The topological polar surface area (TPSA) is 119 Å². The summed E-state index contributed by atoms with van der Waals surface area (Å²) in [5.74, 6) is -1.68. The molecule has 5 rings (SSSR count). The van der Waals surface area contributed by atoms with Crippen molar-refractivity contribution in [1.82, 2.24) is 5.01 Å². The Hall–Kier alpha value is -4.79. The first kappa shape index (κ1) is 30.7. The Balaban J connectivity index is 1.52. The van der Waals surface area contributed by atoms with Crippen LogP contribution >= 0.6 is 0 Å². The second-order valence-corrected chi connectivity index (χ2v) is 12.4. The molecule has 0 bridgehead atoms. The number of para-hydroxylation sites is 1. The molecule has 3 aromatic carbocycles. The summed E-state index contributed by atoms with van der Waals surface area (Å²) in [6.45, 7) is 4.86. The number of anilines is 2. The summed E-state index contributed by atoms with van der Waals surface area (Å²) in [6.07, 6.45) is 5.08. The van der Waals surface area contributed by atoms with E-state index in [9.17, 15) is 24.3 Å². The summed E-state index contributed by atoms with van der Waals surface area (Å²) in [5.41, 5.74) is 3.21. The molecular formula is C35H38N4O5. The fourth-order valence-electron chi connectivity index (χ4n) is 5.68. The summed E-state index contributed by atoms with van der Waals surface area (Å²) in [6, 6.07) is 20.8. The minimum atomic E-state index is -1.12. The number of nitrogens with one attached hydrogen (secondary N) is 1. The van der Waals surface area contributed by atoms with Gasteiger partial charge in [-0.1, -0.05) is 94.6 Å². The molecule has 9 heteroatoms. The van der Waals surface area contributed by atoms with Crippen LogP contribution in [-0.2, 0) is 9.59 Å². The van der Waals surface area contributed by atoms with Crippen molar-refractivity contribution >= 4 is 40.8 Å². The van der Waals surface area contributed by atoms with Crippen LogP contribution in [0.2, 0.25) is 0 Å². The van der Waals surface area contributed by atoms with Crippen molar-refractivity contribution in [1.29, 1.82) is 0 Å². The average Bonchev–Trinajstić information content (AvgIpc) is 3.12. The largest absolute Gasteiger partial charge is 0.478 e. The number of hydrogen-bond donors (Lipinski definition) is 2. The molecule has 2 N–H and O–H groups in total. The van der Waals surface area contributed by atoms with Gasteiger partial charge in [-0.3, -0.25) is 14.5 Å². The highest BCUT2D eigenvalue weighted by Crippen LogP contribution is 2.35. The molecule has 1 saturated carbocycles. The molecule has 1 heterocycles. The molecule has 9 nitrogen and oxygen atoms in total. The van der Waals surface area contributed by atoms with Crippen molar-refractivity contribution in [2.24, 2.45) is 16.4 Å². The Morgan fingerprint density at radius 3 is 2.25 bits per heavy atom. The molecule has 3 amide bonds. The third-order valence-electron chi connectivity index (χ3n) is 8.20. The zero-order valence-corrected chi connectivity index (χ0v) is 25.4. The summed E-state index contributed by atoms with van der Waals surface area (Å²) >= 11 is 0. The number of fused-ring (bicyclic) bond motifs is 1. The molecule has 0 aromatic heterocycles. The van der Waals surface area contributed by atoms with Gasteiger partial charge in [0.25, 0.3) is 0 Å². The highest BCUT2D eigenvalue weighted by atomic mass is 16.4. The predicted molar refractivity (Wildman–Crippen MR) is 171 cm³/mol. The Kier molecular flexibility index (Phi) is 8.94. The van der Waals surface area contributed by atoms with E-state index in [1.165, 1.54) is 17.0 Å². The number of carboxylic acid groups (broad SMARTS) is 1. The highest BCUT2D eigenvalue weighted by Gasteiger charge is 2.36. The number of nitrogens with zero attached hydrogens (tertiary/aromatic N) is 3. The number of rotatable bonds is 8. The molecule has 0 atom stereocenters. The van der Waals surface area contributed by atoms with Gasteiger partial charge in [-0.25, -0.2) is 14.6 Å². The molecule has 0 saturated heterocycles. The number of amides is 3. The molecule has 228 valence electrons. The van der Waals surface area contributed by atoms with Gasteiger partial charge in [-0.2, -0.15) is 5.10 Å². The Bertz CT molecular complexity index is 1600. The Labute approximate surface area is 257 Å². The van der Waals surface area contributed by atoms with Gasteiger partial charge in [0.1, 0.15) is 6.54 Å². The first-order valence-electron chi connectivity index (χ1n) is 15.1. The van der Waals surface area contributed by atoms with Crippen molar-refractivity contribution in [3.8, 4) is 11.1 Å². The summed E-state index contributed by atoms with van der Waals surface area (Å²) < 4.78 is 0. The minimum absolute atomic E-state index is 0.0192. The van der Waals surface area contributed by atoms with Gasteiger partial charge in [0.2, 0.25) is 5.91 Å². The van der Waals surface area contributed by atoms with E-state index < -0.39 is 29.9 Å². The van der Waals surface area contributed by atoms with Crippen molar-refractivity contribution in [2.45, 2.75) is 52.9 Å². The molecule has 3 aromatic rings. The first-order chi connectivity index (χ1) is 21.0. The maximum Gasteiger partial charge on any atom is 0.345 e. The second kappa shape index (κ2) is 12.8. The lowest BCUT2D eigenvalue weighted by atomic mass is 9.83. The lowest BCUT2D eigenvalue weighted by Crippen LogP contribution is -2.47. The van der Waals surface area contributed by atoms with Gasteiger partial charge in [-0.05, 0) is 36.6 Å². The maximum absolute atomic E-state index is 14.2. The SMILES string of the molecule is CC(C)(C)C(=O)CN1C(=O)N(CC(=O)Nc2cc(C(=O)O)ccc2-c2ccccc2)N=C(C2CCCCC2)c2ccccc21. The number of carbonyl (C=O) groups is 4. The third kappa shape index (κ3) is 6.72. The van der Waals surface area contributed by atoms with E-state index in [4.69, 9.17) is 5.10 Å². The standard InChI is InChI=1S/C35H38N4O5/c1-35(2,3)30(40)21-38-29-17-11-10-16-27(29)32(24-14-8-5-9-15-24)37-39(34(38)44)22-31(41)36-28-20-25(33(42)43)18-19-26(28)23-12-6-4-7-13-23/h4,6-7,10-13,16-20,24H,5,8-9,14-15,21-22H2,1-3H3,(H,36,41)(H,42,43). The molecule has 0 spiro atoms. The lowest BCUT2D eigenvalue weighted by Gasteiger charge is -2.28. The predicted octanol–water partition coefficient (Wildman–Crippen LogP) is 6.83. The number of Topliss-reactive ketones (excluding diaryl/α,β-unsaturated/α-hetero) is 1. The Morgan fingerprint density at radius 2 is 1.57 bits per heavy atom. The monoisotopic (exact) mass is 594 g/mol. The lowest BCUT2D eigenvalue weighted by molar-refractivity contribution is -0.124. The van der Waals surface area contributed by atoms with E-state index >= 15 is 0 Å². The van der Waals surface area contributed by atoms with Gasteiger partial charge in [-0.15, -0.1) is 0 Å². The summed E-state index contributed by atoms with van der Waals surface area (Å²) in [5, 5.41) is 18.4. The van der Waals surface area contributed by atoms with Gasteiger partial charge >= 0.3 is 12.0 Å². The third-order valence-corrected chi connectivity index (χ3v) is 8.20. The number of aromatic carboxylic acids is 1. The van der Waals surface area contributed by atoms with E-state index in [1.807, 2.05) is 75.4 Å². The number of hydrazone groups is 1. The maximum atomic E-state index is 14.2. The van der Waals surface area contributed by atoms with Crippen molar-refractivity contribution in [3.05, 3.63) is 83.9 Å². The van der Waals surface area contributed by atoms with Crippen LogP contribution in [0, 0.1) is 11.3 Å². The molecular weight excluding hydrogens is 556 g/mol. The van der Waals surface area contributed by atoms with Crippen LogP contribution in [0.15, 0.2) is 77.9 Å². The van der Waals surface area contributed by atoms with Crippen LogP contribution in [0.4, 0.5) is 16.2 Å². The number of carboxylic acids is 1. The van der Waals surface area contributed by atoms with E-state index in [-0.39, 0.29) is 23.8 Å². The average molecular weight is 595 g/mol. The molecule has 0 radical (unpaired) electrons. The van der Waals surface area contributed by atoms with Crippen LogP contribution in [0.25, 0.3) is 11.1 Å². The fraction of sp³-hybridized carbons (Fsp3) is 0.343. The van der Waals surface area contributed by atoms with Crippen LogP contribution in [0.3, 0.4) is 0 Å². The fourth-order valence-corrected chi connectivity index (χ4v) is 5.68. The quantitative estimate of drug-likeness (QED) is 0.296. The second-order valence-electron chi connectivity index (χ2n) is 12.4. The van der Waals surface area contributed by atoms with Crippen LogP contribution < -0.4 is 10.2 Å². The first-order valence-corrected chi connectivity index (χ1v) is 15.1. The normalized spacial score (nSPS) is 15.7. The summed E-state index contributed by atoms with van der Waals surface area (Å²) in [7, 11) is 0. The zero-order chi connectivity index (χ0) is 31.4. The van der Waals surface area contributed by atoms with E-state index in [0.717, 1.165) is 54.0 Å². The number of urea groups is 1. The Morgan fingerprint density at radius 1 is 0.886 bits per heavy atom. The van der Waals surface area contributed by atoms with E-state index in [1.54, 1.807) is 6.07 Å². The van der Waals surface area contributed by atoms with E-state index in [2.05, 4.69) is 5.32 Å².